The summed E-state index contributed by atoms with van der Waals surface area (Å²) < 4.78 is 7.81. The number of nitrogens with zero attached hydrogens (tertiary/aromatic N) is 1. The third-order valence-electron chi connectivity index (χ3n) is 5.08. The van der Waals surface area contributed by atoms with Crippen molar-refractivity contribution in [2.24, 2.45) is 0 Å². The maximum atomic E-state index is 12.4. The van der Waals surface area contributed by atoms with Crippen LogP contribution in [0.1, 0.15) is 35.4 Å². The monoisotopic (exact) mass is 364 g/mol. The first-order chi connectivity index (χ1) is 13.2. The molecule has 1 amide bonds. The molecule has 27 heavy (non-hydrogen) atoms. The van der Waals surface area contributed by atoms with Crippen LogP contribution in [-0.4, -0.2) is 23.7 Å². The second-order valence-electron chi connectivity index (χ2n) is 6.68. The van der Waals surface area contributed by atoms with Crippen LogP contribution in [0.3, 0.4) is 0 Å². The second-order valence-corrected chi connectivity index (χ2v) is 6.68. The Morgan fingerprint density at radius 3 is 2.74 bits per heavy atom. The summed E-state index contributed by atoms with van der Waals surface area (Å²) in [6.07, 6.45) is 0.630. The van der Waals surface area contributed by atoms with Gasteiger partial charge >= 0.3 is 0 Å². The van der Waals surface area contributed by atoms with Crippen LogP contribution >= 0.6 is 0 Å². The molecule has 1 fully saturated rings. The average molecular weight is 364 g/mol. The van der Waals surface area contributed by atoms with Gasteiger partial charge in [-0.15, -0.1) is 0 Å². The van der Waals surface area contributed by atoms with Gasteiger partial charge in [-0.2, -0.15) is 0 Å². The standard InChI is InChI=1S/C21H24N4O2/c1-3-25-17-10-7-11-19(27-2)15(17)12-18(25)16-13-20(24-23-16)22-21(26)14-8-5-4-6-9-14/h4-12,16,20,23-24H,3,13H2,1-2H3,(H,22,26). The topological polar surface area (TPSA) is 67.3 Å². The molecule has 140 valence electrons. The normalized spacial score (nSPS) is 19.3. The zero-order valence-corrected chi connectivity index (χ0v) is 15.5. The quantitative estimate of drug-likeness (QED) is 0.651. The van der Waals surface area contributed by atoms with Gasteiger partial charge in [-0.05, 0) is 37.3 Å². The van der Waals surface area contributed by atoms with Crippen LogP contribution in [-0.2, 0) is 6.54 Å². The number of carbonyl (C=O) groups excluding carboxylic acids is 1. The summed E-state index contributed by atoms with van der Waals surface area (Å²) in [7, 11) is 1.70. The number of methoxy groups -OCH3 is 1. The maximum Gasteiger partial charge on any atom is 0.252 e. The number of fused-ring (bicyclic) bond motifs is 1. The van der Waals surface area contributed by atoms with Crippen molar-refractivity contribution in [2.75, 3.05) is 7.11 Å². The van der Waals surface area contributed by atoms with Crippen LogP contribution in [0.25, 0.3) is 10.9 Å². The van der Waals surface area contributed by atoms with E-state index in [1.165, 1.54) is 5.69 Å². The van der Waals surface area contributed by atoms with Crippen molar-refractivity contribution in [1.29, 1.82) is 0 Å². The van der Waals surface area contributed by atoms with E-state index in [1.807, 2.05) is 42.5 Å². The zero-order valence-electron chi connectivity index (χ0n) is 15.5. The number of amides is 1. The number of carbonyl (C=O) groups is 1. The molecule has 0 aliphatic carbocycles. The maximum absolute atomic E-state index is 12.4. The van der Waals surface area contributed by atoms with E-state index in [4.69, 9.17) is 4.74 Å². The lowest BCUT2D eigenvalue weighted by molar-refractivity contribution is 0.0932. The Morgan fingerprint density at radius 1 is 1.19 bits per heavy atom. The summed E-state index contributed by atoms with van der Waals surface area (Å²) in [6, 6.07) is 17.7. The molecular formula is C21H24N4O2. The molecule has 2 atom stereocenters. The van der Waals surface area contributed by atoms with Crippen molar-refractivity contribution in [2.45, 2.75) is 32.1 Å². The van der Waals surface area contributed by atoms with E-state index in [-0.39, 0.29) is 18.1 Å². The van der Waals surface area contributed by atoms with Gasteiger partial charge in [-0.3, -0.25) is 4.79 Å². The molecule has 4 rings (SSSR count). The first-order valence-corrected chi connectivity index (χ1v) is 9.24. The molecule has 2 unspecified atom stereocenters. The second kappa shape index (κ2) is 7.42. The molecule has 2 heterocycles. The van der Waals surface area contributed by atoms with Gasteiger partial charge in [0.05, 0.1) is 24.8 Å². The Hall–Kier alpha value is -2.83. The van der Waals surface area contributed by atoms with Crippen LogP contribution in [0.2, 0.25) is 0 Å². The largest absolute Gasteiger partial charge is 0.496 e. The zero-order chi connectivity index (χ0) is 18.8. The number of hydrogen-bond donors (Lipinski definition) is 3. The van der Waals surface area contributed by atoms with Gasteiger partial charge in [-0.25, -0.2) is 10.9 Å². The summed E-state index contributed by atoms with van der Waals surface area (Å²) >= 11 is 0. The SMILES string of the molecule is CCn1c(C2CC(NC(=O)c3ccccc3)NN2)cc2c(OC)cccc21. The predicted octanol–water partition coefficient (Wildman–Crippen LogP) is 2.96. The van der Waals surface area contributed by atoms with Gasteiger partial charge in [0.2, 0.25) is 0 Å². The van der Waals surface area contributed by atoms with Gasteiger partial charge in [0.15, 0.2) is 0 Å². The summed E-state index contributed by atoms with van der Waals surface area (Å²) in [4.78, 5) is 12.4. The number of hydrogen-bond acceptors (Lipinski definition) is 4. The minimum atomic E-state index is -0.132. The summed E-state index contributed by atoms with van der Waals surface area (Å²) in [5.74, 6) is 0.800. The summed E-state index contributed by atoms with van der Waals surface area (Å²) in [5, 5.41) is 4.15. The highest BCUT2D eigenvalue weighted by molar-refractivity contribution is 5.94. The van der Waals surface area contributed by atoms with E-state index < -0.39 is 0 Å². The van der Waals surface area contributed by atoms with E-state index in [0.717, 1.165) is 29.6 Å². The van der Waals surface area contributed by atoms with E-state index in [9.17, 15) is 4.79 Å². The summed E-state index contributed by atoms with van der Waals surface area (Å²) in [5.41, 5.74) is 9.53. The summed E-state index contributed by atoms with van der Waals surface area (Å²) in [6.45, 7) is 3.00. The molecule has 3 aromatic rings. The highest BCUT2D eigenvalue weighted by Gasteiger charge is 2.29. The van der Waals surface area contributed by atoms with Gasteiger partial charge < -0.3 is 14.6 Å². The molecule has 0 radical (unpaired) electrons. The number of benzene rings is 2. The molecule has 6 heteroatoms. The van der Waals surface area contributed by atoms with Crippen LogP contribution in [0, 0.1) is 0 Å². The fourth-order valence-corrected chi connectivity index (χ4v) is 3.77. The minimum Gasteiger partial charge on any atom is -0.496 e. The van der Waals surface area contributed by atoms with E-state index >= 15 is 0 Å². The molecule has 1 saturated heterocycles. The molecule has 2 aromatic carbocycles. The van der Waals surface area contributed by atoms with Gasteiger partial charge in [-0.1, -0.05) is 24.3 Å². The number of hydrazine groups is 1. The van der Waals surface area contributed by atoms with Crippen LogP contribution in [0.15, 0.2) is 54.6 Å². The Labute approximate surface area is 158 Å². The lowest BCUT2D eigenvalue weighted by Crippen LogP contribution is -2.44. The number of nitrogens with one attached hydrogen (secondary N) is 3. The molecule has 1 aromatic heterocycles. The average Bonchev–Trinajstić information content (AvgIpc) is 3.32. The molecule has 3 N–H and O–H groups in total. The smallest absolute Gasteiger partial charge is 0.252 e. The lowest BCUT2D eigenvalue weighted by Gasteiger charge is -2.14. The number of ether oxygens (including phenoxy) is 1. The van der Waals surface area contributed by atoms with Crippen molar-refractivity contribution in [3.63, 3.8) is 0 Å². The Bertz CT molecular complexity index is 951. The predicted molar refractivity (Wildman–Crippen MR) is 105 cm³/mol. The fraction of sp³-hybridized carbons (Fsp3) is 0.286. The third kappa shape index (κ3) is 3.29. The molecular weight excluding hydrogens is 340 g/mol. The minimum absolute atomic E-state index is 0.0757. The van der Waals surface area contributed by atoms with E-state index in [0.29, 0.717) is 5.56 Å². The van der Waals surface area contributed by atoms with E-state index in [1.54, 1.807) is 7.11 Å². The molecule has 0 spiro atoms. The van der Waals surface area contributed by atoms with Crippen molar-refractivity contribution in [3.8, 4) is 5.75 Å². The van der Waals surface area contributed by atoms with Crippen LogP contribution < -0.4 is 20.9 Å². The van der Waals surface area contributed by atoms with Crippen molar-refractivity contribution in [3.05, 3.63) is 65.9 Å². The van der Waals surface area contributed by atoms with Gasteiger partial charge in [0, 0.05) is 29.6 Å². The van der Waals surface area contributed by atoms with Crippen molar-refractivity contribution in [1.82, 2.24) is 20.7 Å². The van der Waals surface area contributed by atoms with Crippen molar-refractivity contribution < 1.29 is 9.53 Å². The number of aromatic nitrogens is 1. The highest BCUT2D eigenvalue weighted by Crippen LogP contribution is 2.33. The Morgan fingerprint density at radius 2 is 2.00 bits per heavy atom. The van der Waals surface area contributed by atoms with Crippen molar-refractivity contribution >= 4 is 16.8 Å². The lowest BCUT2D eigenvalue weighted by atomic mass is 10.1. The number of rotatable bonds is 5. The molecule has 0 bridgehead atoms. The third-order valence-corrected chi connectivity index (χ3v) is 5.08. The van der Waals surface area contributed by atoms with Crippen LogP contribution in [0.4, 0.5) is 0 Å². The molecule has 1 aliphatic heterocycles. The Balaban J connectivity index is 1.54. The molecule has 0 saturated carbocycles. The first kappa shape index (κ1) is 17.6. The number of aryl methyl sites for hydroxylation is 1. The highest BCUT2D eigenvalue weighted by atomic mass is 16.5. The Kier molecular flexibility index (Phi) is 4.83. The molecule has 6 nitrogen and oxygen atoms in total. The van der Waals surface area contributed by atoms with Crippen LogP contribution in [0.5, 0.6) is 5.75 Å². The van der Waals surface area contributed by atoms with Gasteiger partial charge in [0.25, 0.3) is 5.91 Å². The fourth-order valence-electron chi connectivity index (χ4n) is 3.77. The molecule has 1 aliphatic rings. The van der Waals surface area contributed by atoms with Gasteiger partial charge in [0.1, 0.15) is 5.75 Å². The first-order valence-electron chi connectivity index (χ1n) is 9.24. The van der Waals surface area contributed by atoms with E-state index in [2.05, 4.69) is 39.8 Å².